The monoisotopic (exact) mass is 386 g/mol. The van der Waals surface area contributed by atoms with E-state index in [1.54, 1.807) is 24.5 Å². The van der Waals surface area contributed by atoms with Crippen molar-refractivity contribution in [2.45, 2.75) is 6.61 Å². The quantitative estimate of drug-likeness (QED) is 0.288. The molecule has 2 aromatic heterocycles. The molecule has 29 heavy (non-hydrogen) atoms. The average molecular weight is 386 g/mol. The van der Waals surface area contributed by atoms with Gasteiger partial charge in [0.25, 0.3) is 0 Å². The SMILES string of the molecule is N/C(=N\OCc1cnc(-c2ccccc2)o1)c1ccc(Oc2ccccc2)nc1. The van der Waals surface area contributed by atoms with Crippen molar-refractivity contribution in [2.24, 2.45) is 10.9 Å². The van der Waals surface area contributed by atoms with Gasteiger partial charge in [-0.1, -0.05) is 41.6 Å². The number of ether oxygens (including phenoxy) is 1. The Bertz CT molecular complexity index is 1080. The first-order valence-electron chi connectivity index (χ1n) is 8.93. The molecule has 0 bridgehead atoms. The van der Waals surface area contributed by atoms with Crippen molar-refractivity contribution in [1.29, 1.82) is 0 Å². The average Bonchev–Trinajstić information content (AvgIpc) is 3.24. The van der Waals surface area contributed by atoms with Gasteiger partial charge in [0, 0.05) is 23.4 Å². The van der Waals surface area contributed by atoms with Crippen molar-refractivity contribution < 1.29 is 14.0 Å². The van der Waals surface area contributed by atoms with E-state index in [9.17, 15) is 0 Å². The molecule has 2 N–H and O–H groups in total. The molecule has 0 aliphatic carbocycles. The Balaban J connectivity index is 1.34. The lowest BCUT2D eigenvalue weighted by Gasteiger charge is -2.05. The molecule has 0 saturated heterocycles. The Hall–Kier alpha value is -4.13. The number of hydrogen-bond acceptors (Lipinski definition) is 6. The van der Waals surface area contributed by atoms with Crippen LogP contribution < -0.4 is 10.5 Å². The van der Waals surface area contributed by atoms with E-state index in [2.05, 4.69) is 15.1 Å². The molecular formula is C22H18N4O3. The van der Waals surface area contributed by atoms with Gasteiger partial charge in [-0.25, -0.2) is 9.97 Å². The summed E-state index contributed by atoms with van der Waals surface area (Å²) in [5.41, 5.74) is 7.47. The zero-order valence-corrected chi connectivity index (χ0v) is 15.4. The molecular weight excluding hydrogens is 368 g/mol. The molecule has 144 valence electrons. The molecule has 0 spiro atoms. The van der Waals surface area contributed by atoms with Crippen molar-refractivity contribution >= 4 is 5.84 Å². The summed E-state index contributed by atoms with van der Waals surface area (Å²) in [6, 6.07) is 22.5. The predicted molar refractivity (Wildman–Crippen MR) is 108 cm³/mol. The van der Waals surface area contributed by atoms with Gasteiger partial charge in [-0.15, -0.1) is 0 Å². The highest BCUT2D eigenvalue weighted by atomic mass is 16.6. The molecule has 0 atom stereocenters. The molecule has 0 fully saturated rings. The van der Waals surface area contributed by atoms with E-state index < -0.39 is 0 Å². The van der Waals surface area contributed by atoms with E-state index in [1.807, 2.05) is 60.7 Å². The topological polar surface area (TPSA) is 95.8 Å². The van der Waals surface area contributed by atoms with Gasteiger partial charge in [-0.2, -0.15) is 0 Å². The molecule has 4 aromatic rings. The molecule has 0 radical (unpaired) electrons. The number of nitrogens with two attached hydrogens (primary N) is 1. The van der Waals surface area contributed by atoms with Crippen LogP contribution in [-0.4, -0.2) is 15.8 Å². The lowest BCUT2D eigenvalue weighted by Crippen LogP contribution is -2.14. The van der Waals surface area contributed by atoms with Crippen LogP contribution in [0.4, 0.5) is 0 Å². The first-order chi connectivity index (χ1) is 14.3. The number of rotatable bonds is 7. The number of pyridine rings is 1. The van der Waals surface area contributed by atoms with Gasteiger partial charge in [-0.3, -0.25) is 0 Å². The lowest BCUT2D eigenvalue weighted by molar-refractivity contribution is 0.115. The molecule has 4 rings (SSSR count). The Morgan fingerprint density at radius 3 is 2.38 bits per heavy atom. The van der Waals surface area contributed by atoms with E-state index in [0.717, 1.165) is 5.56 Å². The second-order valence-corrected chi connectivity index (χ2v) is 6.05. The van der Waals surface area contributed by atoms with Gasteiger partial charge < -0.3 is 19.7 Å². The van der Waals surface area contributed by atoms with Crippen LogP contribution >= 0.6 is 0 Å². The van der Waals surface area contributed by atoms with Crippen molar-refractivity contribution in [3.8, 4) is 23.1 Å². The summed E-state index contributed by atoms with van der Waals surface area (Å²) in [4.78, 5) is 13.7. The number of hydrogen-bond donors (Lipinski definition) is 1. The molecule has 0 aliphatic heterocycles. The van der Waals surface area contributed by atoms with Gasteiger partial charge in [0.05, 0.1) is 6.20 Å². The van der Waals surface area contributed by atoms with Crippen molar-refractivity contribution in [3.05, 3.63) is 96.5 Å². The second kappa shape index (κ2) is 8.71. The number of nitrogens with zero attached hydrogens (tertiary/aromatic N) is 3. The van der Waals surface area contributed by atoms with Crippen molar-refractivity contribution in [1.82, 2.24) is 9.97 Å². The number of benzene rings is 2. The third-order valence-corrected chi connectivity index (χ3v) is 3.94. The molecule has 7 heteroatoms. The van der Waals surface area contributed by atoms with Gasteiger partial charge in [0.1, 0.15) is 5.75 Å². The standard InChI is InChI=1S/C22H18N4O3/c23-21(17-11-12-20(24-13-17)28-18-9-5-2-6-10-18)26-27-15-19-14-25-22(29-19)16-7-3-1-4-8-16/h1-14H,15H2,(H2,23,26). The molecule has 7 nitrogen and oxygen atoms in total. The Morgan fingerprint density at radius 2 is 1.66 bits per heavy atom. The van der Waals surface area contributed by atoms with Crippen LogP contribution in [0.3, 0.4) is 0 Å². The number of oxime groups is 1. The molecule has 0 amide bonds. The van der Waals surface area contributed by atoms with Crippen molar-refractivity contribution in [2.75, 3.05) is 0 Å². The highest BCUT2D eigenvalue weighted by Gasteiger charge is 2.07. The summed E-state index contributed by atoms with van der Waals surface area (Å²) in [7, 11) is 0. The van der Waals surface area contributed by atoms with Gasteiger partial charge in [0.15, 0.2) is 18.2 Å². The fourth-order valence-electron chi connectivity index (χ4n) is 2.51. The smallest absolute Gasteiger partial charge is 0.226 e. The lowest BCUT2D eigenvalue weighted by atomic mass is 10.2. The molecule has 2 heterocycles. The van der Waals surface area contributed by atoms with Crippen LogP contribution in [0.1, 0.15) is 11.3 Å². The minimum absolute atomic E-state index is 0.114. The summed E-state index contributed by atoms with van der Waals surface area (Å²) in [6.07, 6.45) is 3.17. The zero-order chi connectivity index (χ0) is 19.9. The number of aromatic nitrogens is 2. The van der Waals surface area contributed by atoms with Crippen LogP contribution in [0.5, 0.6) is 11.6 Å². The molecule has 0 aliphatic rings. The number of oxazole rings is 1. The van der Waals surface area contributed by atoms with Gasteiger partial charge >= 0.3 is 0 Å². The Morgan fingerprint density at radius 1 is 0.897 bits per heavy atom. The number of para-hydroxylation sites is 1. The molecule has 2 aromatic carbocycles. The zero-order valence-electron chi connectivity index (χ0n) is 15.4. The minimum Gasteiger partial charge on any atom is -0.439 e. The van der Waals surface area contributed by atoms with Crippen molar-refractivity contribution in [3.63, 3.8) is 0 Å². The molecule has 0 unspecified atom stereocenters. The maximum Gasteiger partial charge on any atom is 0.226 e. The second-order valence-electron chi connectivity index (χ2n) is 6.05. The van der Waals surface area contributed by atoms with Gasteiger partial charge in [-0.05, 0) is 30.3 Å². The van der Waals surface area contributed by atoms with Crippen LogP contribution in [-0.2, 0) is 11.4 Å². The summed E-state index contributed by atoms with van der Waals surface area (Å²) in [5, 5.41) is 3.91. The minimum atomic E-state index is 0.114. The summed E-state index contributed by atoms with van der Waals surface area (Å²) < 4.78 is 11.3. The summed E-state index contributed by atoms with van der Waals surface area (Å²) in [5.74, 6) is 2.44. The van der Waals surface area contributed by atoms with Gasteiger partial charge in [0.2, 0.25) is 11.8 Å². The fourth-order valence-corrected chi connectivity index (χ4v) is 2.51. The van der Waals surface area contributed by atoms with E-state index in [1.165, 1.54) is 0 Å². The maximum absolute atomic E-state index is 5.96. The number of amidine groups is 1. The first-order valence-corrected chi connectivity index (χ1v) is 8.93. The molecule has 0 saturated carbocycles. The van der Waals surface area contributed by atoms with E-state index in [-0.39, 0.29) is 12.4 Å². The Labute approximate surface area is 167 Å². The van der Waals surface area contributed by atoms with Crippen LogP contribution in [0, 0.1) is 0 Å². The van der Waals surface area contributed by atoms with E-state index in [0.29, 0.717) is 28.8 Å². The first kappa shape index (κ1) is 18.2. The fraction of sp³-hybridized carbons (Fsp3) is 0.0455. The third-order valence-electron chi connectivity index (χ3n) is 3.94. The summed E-state index contributed by atoms with van der Waals surface area (Å²) >= 11 is 0. The van der Waals surface area contributed by atoms with Crippen LogP contribution in [0.15, 0.2) is 94.8 Å². The summed E-state index contributed by atoms with van der Waals surface area (Å²) in [6.45, 7) is 0.114. The Kier molecular flexibility index (Phi) is 5.48. The van der Waals surface area contributed by atoms with E-state index in [4.69, 9.17) is 19.7 Å². The highest BCUT2D eigenvalue weighted by molar-refractivity contribution is 5.96. The van der Waals surface area contributed by atoms with Crippen LogP contribution in [0.25, 0.3) is 11.5 Å². The normalized spacial score (nSPS) is 11.2. The predicted octanol–water partition coefficient (Wildman–Crippen LogP) is 4.37. The van der Waals surface area contributed by atoms with E-state index >= 15 is 0 Å². The highest BCUT2D eigenvalue weighted by Crippen LogP contribution is 2.20. The van der Waals surface area contributed by atoms with Crippen LogP contribution in [0.2, 0.25) is 0 Å². The third kappa shape index (κ3) is 4.78. The largest absolute Gasteiger partial charge is 0.439 e. The maximum atomic E-state index is 5.96.